The van der Waals surface area contributed by atoms with Gasteiger partial charge in [-0.05, 0) is 12.6 Å². The van der Waals surface area contributed by atoms with Crippen LogP contribution in [0, 0.1) is 0 Å². The normalized spacial score (nSPS) is 24.5. The molecule has 0 aromatic heterocycles. The first-order valence-electron chi connectivity index (χ1n) is 5.80. The van der Waals surface area contributed by atoms with Crippen LogP contribution in [0.15, 0.2) is 30.3 Å². The van der Waals surface area contributed by atoms with E-state index in [9.17, 15) is 4.79 Å². The van der Waals surface area contributed by atoms with Crippen LogP contribution in [0.3, 0.4) is 0 Å². The van der Waals surface area contributed by atoms with Crippen molar-refractivity contribution in [2.45, 2.75) is 18.7 Å². The molecule has 2 N–H and O–H groups in total. The van der Waals surface area contributed by atoms with Gasteiger partial charge in [0.1, 0.15) is 6.10 Å². The summed E-state index contributed by atoms with van der Waals surface area (Å²) in [5.41, 5.74) is 6.83. The van der Waals surface area contributed by atoms with Crippen LogP contribution in [-0.4, -0.2) is 43.0 Å². The largest absolute Gasteiger partial charge is 0.367 e. The smallest absolute Gasteiger partial charge is 0.181 e. The summed E-state index contributed by atoms with van der Waals surface area (Å²) < 4.78 is 5.37. The van der Waals surface area contributed by atoms with E-state index in [4.69, 9.17) is 10.5 Å². The number of hydrogen-bond acceptors (Lipinski definition) is 4. The third-order valence-corrected chi connectivity index (χ3v) is 2.93. The zero-order valence-corrected chi connectivity index (χ0v) is 10.0. The minimum Gasteiger partial charge on any atom is -0.367 e. The number of carbonyl (C=O) groups excluding carboxylic acids is 1. The Morgan fingerprint density at radius 2 is 2.12 bits per heavy atom. The molecular weight excluding hydrogens is 216 g/mol. The van der Waals surface area contributed by atoms with E-state index in [1.807, 2.05) is 25.2 Å². The fourth-order valence-corrected chi connectivity index (χ4v) is 2.01. The molecule has 0 bridgehead atoms. The van der Waals surface area contributed by atoms with Crippen LogP contribution in [0.4, 0.5) is 0 Å². The van der Waals surface area contributed by atoms with Crippen LogP contribution in [0.1, 0.15) is 5.56 Å². The van der Waals surface area contributed by atoms with Gasteiger partial charge in [-0.3, -0.25) is 9.69 Å². The Morgan fingerprint density at radius 3 is 2.71 bits per heavy atom. The fraction of sp³-hybridized carbons (Fsp3) is 0.462. The topological polar surface area (TPSA) is 55.6 Å². The van der Waals surface area contributed by atoms with Crippen LogP contribution in [0.2, 0.25) is 0 Å². The lowest BCUT2D eigenvalue weighted by Crippen LogP contribution is -2.37. The first-order valence-corrected chi connectivity index (χ1v) is 5.80. The van der Waals surface area contributed by atoms with Crippen molar-refractivity contribution in [3.63, 3.8) is 0 Å². The highest BCUT2D eigenvalue weighted by Crippen LogP contribution is 2.10. The highest BCUT2D eigenvalue weighted by atomic mass is 16.5. The van der Waals surface area contributed by atoms with Crippen molar-refractivity contribution in [2.24, 2.45) is 5.73 Å². The van der Waals surface area contributed by atoms with E-state index in [0.717, 1.165) is 6.54 Å². The molecule has 2 rings (SSSR count). The lowest BCUT2D eigenvalue weighted by molar-refractivity contribution is -0.123. The van der Waals surface area contributed by atoms with Crippen LogP contribution in [-0.2, 0) is 16.1 Å². The maximum atomic E-state index is 11.6. The average Bonchev–Trinajstić information content (AvgIpc) is 2.62. The van der Waals surface area contributed by atoms with E-state index in [1.165, 1.54) is 5.56 Å². The number of hydrogen-bond donors (Lipinski definition) is 1. The summed E-state index contributed by atoms with van der Waals surface area (Å²) in [6.45, 7) is 1.76. The Morgan fingerprint density at radius 1 is 1.41 bits per heavy atom. The Kier molecular flexibility index (Phi) is 3.89. The molecule has 1 aliphatic heterocycles. The van der Waals surface area contributed by atoms with Gasteiger partial charge in [0.25, 0.3) is 0 Å². The second-order valence-corrected chi connectivity index (χ2v) is 4.51. The van der Waals surface area contributed by atoms with Gasteiger partial charge < -0.3 is 10.5 Å². The van der Waals surface area contributed by atoms with Gasteiger partial charge in [0.05, 0.1) is 12.6 Å². The maximum absolute atomic E-state index is 11.6. The quantitative estimate of drug-likeness (QED) is 0.820. The van der Waals surface area contributed by atoms with Crippen molar-refractivity contribution < 1.29 is 9.53 Å². The number of nitrogens with two attached hydrogens (primary N) is 1. The predicted molar refractivity (Wildman–Crippen MR) is 65.5 cm³/mol. The fourth-order valence-electron chi connectivity index (χ4n) is 2.01. The van der Waals surface area contributed by atoms with Crippen LogP contribution in [0.25, 0.3) is 0 Å². The van der Waals surface area contributed by atoms with Gasteiger partial charge in [-0.1, -0.05) is 30.3 Å². The van der Waals surface area contributed by atoms with Gasteiger partial charge in [-0.25, -0.2) is 0 Å². The molecule has 0 radical (unpaired) electrons. The minimum atomic E-state index is -0.440. The van der Waals surface area contributed by atoms with Crippen LogP contribution in [0.5, 0.6) is 0 Å². The number of Topliss-reactive ketones (excluding diaryl/α,β-unsaturated/α-hetero) is 1. The molecule has 2 unspecified atom stereocenters. The van der Waals surface area contributed by atoms with Gasteiger partial charge in [0.15, 0.2) is 5.78 Å². The van der Waals surface area contributed by atoms with E-state index < -0.39 is 6.04 Å². The van der Waals surface area contributed by atoms with E-state index in [0.29, 0.717) is 13.2 Å². The summed E-state index contributed by atoms with van der Waals surface area (Å²) in [5, 5.41) is 0. The molecule has 1 aromatic carbocycles. The molecule has 0 saturated carbocycles. The van der Waals surface area contributed by atoms with Crippen molar-refractivity contribution in [3.05, 3.63) is 35.9 Å². The van der Waals surface area contributed by atoms with E-state index in [2.05, 4.69) is 17.0 Å². The standard InChI is InChI=1S/C13H18N2O2/c1-15(7-10-5-3-2-4-6-10)8-12-13(16)11(14)9-17-12/h2-6,11-12H,7-9,14H2,1H3. The first kappa shape index (κ1) is 12.2. The molecule has 1 saturated heterocycles. The third-order valence-electron chi connectivity index (χ3n) is 2.93. The molecule has 0 amide bonds. The molecule has 17 heavy (non-hydrogen) atoms. The molecule has 4 nitrogen and oxygen atoms in total. The highest BCUT2D eigenvalue weighted by Gasteiger charge is 2.33. The van der Waals surface area contributed by atoms with Gasteiger partial charge in [-0.15, -0.1) is 0 Å². The molecule has 1 fully saturated rings. The average molecular weight is 234 g/mol. The summed E-state index contributed by atoms with van der Waals surface area (Å²) in [6.07, 6.45) is -0.362. The second kappa shape index (κ2) is 5.40. The van der Waals surface area contributed by atoms with Gasteiger partial charge >= 0.3 is 0 Å². The SMILES string of the molecule is CN(Cc1ccccc1)CC1OCC(N)C1=O. The lowest BCUT2D eigenvalue weighted by Gasteiger charge is -2.19. The molecule has 92 valence electrons. The predicted octanol–water partition coefficient (Wildman–Crippen LogP) is 0.414. The zero-order chi connectivity index (χ0) is 12.3. The van der Waals surface area contributed by atoms with Gasteiger partial charge in [0.2, 0.25) is 0 Å². The molecule has 0 spiro atoms. The maximum Gasteiger partial charge on any atom is 0.181 e. The van der Waals surface area contributed by atoms with E-state index >= 15 is 0 Å². The van der Waals surface area contributed by atoms with E-state index in [1.54, 1.807) is 0 Å². The molecule has 1 aliphatic rings. The second-order valence-electron chi connectivity index (χ2n) is 4.51. The molecule has 1 aromatic rings. The highest BCUT2D eigenvalue weighted by molar-refractivity contribution is 5.90. The number of likely N-dealkylation sites (N-methyl/N-ethyl adjacent to an activating group) is 1. The van der Waals surface area contributed by atoms with Crippen molar-refractivity contribution in [1.82, 2.24) is 4.90 Å². The summed E-state index contributed by atoms with van der Waals surface area (Å²) >= 11 is 0. The summed E-state index contributed by atoms with van der Waals surface area (Å²) in [4.78, 5) is 13.7. The zero-order valence-electron chi connectivity index (χ0n) is 10.0. The number of ether oxygens (including phenoxy) is 1. The van der Waals surface area contributed by atoms with Crippen LogP contribution < -0.4 is 5.73 Å². The Labute approximate surface area is 101 Å². The number of nitrogens with zero attached hydrogens (tertiary/aromatic N) is 1. The molecular formula is C13H18N2O2. The van der Waals surface area contributed by atoms with Crippen molar-refractivity contribution in [1.29, 1.82) is 0 Å². The van der Waals surface area contributed by atoms with E-state index in [-0.39, 0.29) is 11.9 Å². The minimum absolute atomic E-state index is 0.0184. The van der Waals surface area contributed by atoms with Crippen molar-refractivity contribution >= 4 is 5.78 Å². The Hall–Kier alpha value is -1.23. The van der Waals surface area contributed by atoms with Gasteiger partial charge in [0, 0.05) is 13.1 Å². The van der Waals surface area contributed by atoms with Crippen LogP contribution >= 0.6 is 0 Å². The number of ketones is 1. The van der Waals surface area contributed by atoms with Gasteiger partial charge in [-0.2, -0.15) is 0 Å². The monoisotopic (exact) mass is 234 g/mol. The molecule has 0 aliphatic carbocycles. The Balaban J connectivity index is 1.86. The van der Waals surface area contributed by atoms with Crippen molar-refractivity contribution in [2.75, 3.05) is 20.2 Å². The lowest BCUT2D eigenvalue weighted by atomic mass is 10.1. The summed E-state index contributed by atoms with van der Waals surface area (Å²) in [5.74, 6) is 0.0184. The molecule has 1 heterocycles. The summed E-state index contributed by atoms with van der Waals surface area (Å²) in [6, 6.07) is 9.71. The molecule has 2 atom stereocenters. The molecule has 4 heteroatoms. The number of carbonyl (C=O) groups is 1. The first-order chi connectivity index (χ1) is 8.16. The number of rotatable bonds is 4. The number of benzene rings is 1. The Bertz CT molecular complexity index is 380. The van der Waals surface area contributed by atoms with Crippen molar-refractivity contribution in [3.8, 4) is 0 Å². The summed E-state index contributed by atoms with van der Waals surface area (Å²) in [7, 11) is 1.98. The third kappa shape index (κ3) is 3.12.